The Balaban J connectivity index is 1.33. The van der Waals surface area contributed by atoms with Gasteiger partial charge in [0.1, 0.15) is 5.82 Å². The van der Waals surface area contributed by atoms with Crippen molar-refractivity contribution in [3.8, 4) is 0 Å². The molecule has 7 heteroatoms. The number of rotatable bonds is 5. The summed E-state index contributed by atoms with van der Waals surface area (Å²) in [6.45, 7) is 2.45. The number of hydrogen-bond donors (Lipinski definition) is 2. The van der Waals surface area contributed by atoms with Crippen molar-refractivity contribution in [3.63, 3.8) is 0 Å². The summed E-state index contributed by atoms with van der Waals surface area (Å²) in [5.74, 6) is 1.71. The smallest absolute Gasteiger partial charge is 0.222 e. The van der Waals surface area contributed by atoms with Crippen LogP contribution in [0.4, 0.5) is 11.8 Å². The van der Waals surface area contributed by atoms with E-state index in [2.05, 4.69) is 25.9 Å². The second-order valence-corrected chi connectivity index (χ2v) is 7.30. The molecule has 26 heavy (non-hydrogen) atoms. The Kier molecular flexibility index (Phi) is 4.99. The third-order valence-corrected chi connectivity index (χ3v) is 5.32. The molecular formula is C19H26N6O. The molecule has 1 saturated carbocycles. The predicted molar refractivity (Wildman–Crippen MR) is 101 cm³/mol. The molecule has 1 aliphatic heterocycles. The van der Waals surface area contributed by atoms with Gasteiger partial charge in [0.2, 0.25) is 5.95 Å². The first-order valence-corrected chi connectivity index (χ1v) is 9.33. The molecule has 4 N–H and O–H groups in total. The summed E-state index contributed by atoms with van der Waals surface area (Å²) in [5.41, 5.74) is 14.0. The Hall–Kier alpha value is -2.25. The molecule has 0 radical (unpaired) electrons. The number of pyridine rings is 1. The molecule has 2 aromatic heterocycles. The lowest BCUT2D eigenvalue weighted by Crippen LogP contribution is -2.38. The van der Waals surface area contributed by atoms with Gasteiger partial charge in [0.05, 0.1) is 18.4 Å². The molecule has 1 aliphatic carbocycles. The summed E-state index contributed by atoms with van der Waals surface area (Å²) >= 11 is 0. The summed E-state index contributed by atoms with van der Waals surface area (Å²) in [4.78, 5) is 15.3. The first kappa shape index (κ1) is 17.2. The normalized spacial score (nSPS) is 23.7. The van der Waals surface area contributed by atoms with Crippen LogP contribution in [0.5, 0.6) is 0 Å². The second kappa shape index (κ2) is 7.55. The van der Waals surface area contributed by atoms with E-state index >= 15 is 0 Å². The molecule has 7 nitrogen and oxygen atoms in total. The van der Waals surface area contributed by atoms with Crippen LogP contribution in [0.3, 0.4) is 0 Å². The number of piperidine rings is 1. The summed E-state index contributed by atoms with van der Waals surface area (Å²) in [6, 6.07) is 6.36. The fourth-order valence-corrected chi connectivity index (χ4v) is 3.70. The Morgan fingerprint density at radius 3 is 2.69 bits per heavy atom. The number of hydrogen-bond acceptors (Lipinski definition) is 7. The number of anilines is 2. The minimum absolute atomic E-state index is 0.273. The zero-order chi connectivity index (χ0) is 17.9. The van der Waals surface area contributed by atoms with E-state index in [1.807, 2.05) is 18.3 Å². The molecule has 4 rings (SSSR count). The molecule has 138 valence electrons. The average molecular weight is 354 g/mol. The topological polar surface area (TPSA) is 103 Å². The molecule has 2 fully saturated rings. The Morgan fingerprint density at radius 1 is 1.19 bits per heavy atom. The maximum atomic E-state index is 6.04. The highest BCUT2D eigenvalue weighted by molar-refractivity contribution is 5.45. The zero-order valence-electron chi connectivity index (χ0n) is 14.9. The molecule has 1 saturated heterocycles. The molecule has 0 aromatic carbocycles. The minimum atomic E-state index is 0.273. The molecule has 2 aromatic rings. The van der Waals surface area contributed by atoms with Crippen molar-refractivity contribution in [1.29, 1.82) is 0 Å². The maximum Gasteiger partial charge on any atom is 0.222 e. The quantitative estimate of drug-likeness (QED) is 0.844. The lowest BCUT2D eigenvalue weighted by atomic mass is 9.78. The monoisotopic (exact) mass is 354 g/mol. The van der Waals surface area contributed by atoms with Crippen LogP contribution in [0, 0.1) is 0 Å². The van der Waals surface area contributed by atoms with Gasteiger partial charge < -0.3 is 21.1 Å². The molecule has 0 unspecified atom stereocenters. The summed E-state index contributed by atoms with van der Waals surface area (Å²) in [7, 11) is 0. The third-order valence-electron chi connectivity index (χ3n) is 5.32. The number of nitrogens with two attached hydrogens (primary N) is 2. The molecule has 0 amide bonds. The third kappa shape index (κ3) is 3.94. The van der Waals surface area contributed by atoms with Crippen molar-refractivity contribution in [3.05, 3.63) is 41.9 Å². The lowest BCUT2D eigenvalue weighted by Gasteiger charge is -2.35. The van der Waals surface area contributed by atoms with Gasteiger partial charge in [-0.25, -0.2) is 4.98 Å². The molecule has 3 heterocycles. The van der Waals surface area contributed by atoms with Crippen LogP contribution >= 0.6 is 0 Å². The Morgan fingerprint density at radius 2 is 2.00 bits per heavy atom. The van der Waals surface area contributed by atoms with Gasteiger partial charge in [0.15, 0.2) is 0 Å². The van der Waals surface area contributed by atoms with E-state index in [0.29, 0.717) is 24.5 Å². The van der Waals surface area contributed by atoms with Crippen LogP contribution in [-0.4, -0.2) is 40.2 Å². The average Bonchev–Trinajstić information content (AvgIpc) is 2.64. The van der Waals surface area contributed by atoms with Crippen LogP contribution < -0.4 is 16.4 Å². The Bertz CT molecular complexity index is 726. The predicted octanol–water partition coefficient (Wildman–Crippen LogP) is 1.84. The Labute approximate surface area is 153 Å². The van der Waals surface area contributed by atoms with Gasteiger partial charge >= 0.3 is 0 Å². The van der Waals surface area contributed by atoms with Crippen molar-refractivity contribution < 1.29 is 4.74 Å². The standard InChI is InChI=1S/C19H26N6O/c20-15-8-14(9-15)17-10-18(24-19(21)23-17)25-6-3-16(4-7-25)26-12-13-2-1-5-22-11-13/h1-2,5,10-11,14-16H,3-4,6-9,12,20H2,(H2,21,23,24). The van der Waals surface area contributed by atoms with Crippen molar-refractivity contribution in [2.75, 3.05) is 23.7 Å². The van der Waals surface area contributed by atoms with E-state index in [0.717, 1.165) is 55.8 Å². The van der Waals surface area contributed by atoms with Crippen LogP contribution in [0.25, 0.3) is 0 Å². The van der Waals surface area contributed by atoms with Crippen LogP contribution in [0.15, 0.2) is 30.6 Å². The second-order valence-electron chi connectivity index (χ2n) is 7.30. The van der Waals surface area contributed by atoms with E-state index in [1.165, 1.54) is 0 Å². The maximum absolute atomic E-state index is 6.04. The van der Waals surface area contributed by atoms with Gasteiger partial charge in [-0.2, -0.15) is 4.98 Å². The number of nitrogens with zero attached hydrogens (tertiary/aromatic N) is 4. The molecule has 2 aliphatic rings. The lowest BCUT2D eigenvalue weighted by molar-refractivity contribution is 0.0249. The van der Waals surface area contributed by atoms with Gasteiger partial charge in [0, 0.05) is 43.5 Å². The van der Waals surface area contributed by atoms with Crippen molar-refractivity contribution >= 4 is 11.8 Å². The van der Waals surface area contributed by atoms with E-state index in [4.69, 9.17) is 16.2 Å². The number of ether oxygens (including phenoxy) is 1. The largest absolute Gasteiger partial charge is 0.373 e. The van der Waals surface area contributed by atoms with Crippen molar-refractivity contribution in [1.82, 2.24) is 15.0 Å². The van der Waals surface area contributed by atoms with Gasteiger partial charge in [-0.3, -0.25) is 4.98 Å². The van der Waals surface area contributed by atoms with Gasteiger partial charge in [-0.15, -0.1) is 0 Å². The van der Waals surface area contributed by atoms with Gasteiger partial charge in [0.25, 0.3) is 0 Å². The fraction of sp³-hybridized carbons (Fsp3) is 0.526. The van der Waals surface area contributed by atoms with Crippen LogP contribution in [0.2, 0.25) is 0 Å². The molecule has 0 atom stereocenters. The van der Waals surface area contributed by atoms with Gasteiger partial charge in [-0.05, 0) is 37.3 Å². The first-order valence-electron chi connectivity index (χ1n) is 9.33. The van der Waals surface area contributed by atoms with E-state index in [1.54, 1.807) is 6.20 Å². The van der Waals surface area contributed by atoms with E-state index in [-0.39, 0.29) is 6.10 Å². The number of nitrogen functional groups attached to an aromatic ring is 1. The zero-order valence-corrected chi connectivity index (χ0v) is 14.9. The fourth-order valence-electron chi connectivity index (χ4n) is 3.70. The molecule has 0 bridgehead atoms. The van der Waals surface area contributed by atoms with E-state index in [9.17, 15) is 0 Å². The summed E-state index contributed by atoms with van der Waals surface area (Å²) < 4.78 is 6.04. The molecular weight excluding hydrogens is 328 g/mol. The van der Waals surface area contributed by atoms with Crippen LogP contribution in [0.1, 0.15) is 42.9 Å². The highest BCUT2D eigenvalue weighted by Gasteiger charge is 2.30. The molecule has 0 spiro atoms. The van der Waals surface area contributed by atoms with Gasteiger partial charge in [-0.1, -0.05) is 6.07 Å². The highest BCUT2D eigenvalue weighted by Crippen LogP contribution is 2.36. The van der Waals surface area contributed by atoms with Crippen molar-refractivity contribution in [2.45, 2.75) is 50.4 Å². The van der Waals surface area contributed by atoms with Crippen LogP contribution in [-0.2, 0) is 11.3 Å². The first-order chi connectivity index (χ1) is 12.7. The SMILES string of the molecule is Nc1nc(C2CC(N)C2)cc(N2CCC(OCc3cccnc3)CC2)n1. The number of aromatic nitrogens is 3. The summed E-state index contributed by atoms with van der Waals surface area (Å²) in [5, 5.41) is 0. The minimum Gasteiger partial charge on any atom is -0.373 e. The highest BCUT2D eigenvalue weighted by atomic mass is 16.5. The summed E-state index contributed by atoms with van der Waals surface area (Å²) in [6.07, 6.45) is 7.84. The van der Waals surface area contributed by atoms with Crippen molar-refractivity contribution in [2.24, 2.45) is 5.73 Å². The van der Waals surface area contributed by atoms with E-state index < -0.39 is 0 Å².